The van der Waals surface area contributed by atoms with Crippen molar-refractivity contribution < 1.29 is 8.42 Å². The Morgan fingerprint density at radius 3 is 2.35 bits per heavy atom. The third kappa shape index (κ3) is 3.38. The molecular formula is C15H13BrN4O2S. The first-order chi connectivity index (χ1) is 11.0. The average molecular weight is 393 g/mol. The van der Waals surface area contributed by atoms with Gasteiger partial charge in [-0.3, -0.25) is 0 Å². The molecule has 0 saturated heterocycles. The molecule has 8 heteroatoms. The van der Waals surface area contributed by atoms with Gasteiger partial charge in [0.2, 0.25) is 5.95 Å². The van der Waals surface area contributed by atoms with E-state index in [1.54, 1.807) is 18.3 Å². The first kappa shape index (κ1) is 15.6. The van der Waals surface area contributed by atoms with Crippen LogP contribution in [0.4, 0.5) is 5.95 Å². The number of nitrogen functional groups attached to an aromatic ring is 1. The monoisotopic (exact) mass is 392 g/mol. The Kier molecular flexibility index (Phi) is 4.10. The second kappa shape index (κ2) is 6.05. The zero-order valence-corrected chi connectivity index (χ0v) is 14.3. The summed E-state index contributed by atoms with van der Waals surface area (Å²) in [7, 11) is -3.75. The molecule has 0 fully saturated rings. The highest BCUT2D eigenvalue weighted by Gasteiger charge is 2.16. The van der Waals surface area contributed by atoms with Gasteiger partial charge in [0.05, 0.1) is 16.8 Å². The van der Waals surface area contributed by atoms with E-state index < -0.39 is 10.0 Å². The van der Waals surface area contributed by atoms with Gasteiger partial charge in [-0.2, -0.15) is 8.42 Å². The maximum absolute atomic E-state index is 12.4. The summed E-state index contributed by atoms with van der Waals surface area (Å²) in [6, 6.07) is 15.7. The molecule has 0 aliphatic carbocycles. The third-order valence-electron chi connectivity index (χ3n) is 3.15. The smallest absolute Gasteiger partial charge is 0.275 e. The lowest BCUT2D eigenvalue weighted by molar-refractivity contribution is 0.595. The minimum Gasteiger partial charge on any atom is -0.368 e. The van der Waals surface area contributed by atoms with Crippen LogP contribution in [0.5, 0.6) is 0 Å². The van der Waals surface area contributed by atoms with E-state index in [1.807, 2.05) is 30.3 Å². The zero-order valence-electron chi connectivity index (χ0n) is 11.8. The quantitative estimate of drug-likeness (QED) is 0.713. The van der Waals surface area contributed by atoms with E-state index in [0.717, 1.165) is 10.0 Å². The number of imidazole rings is 1. The second-order valence-electron chi connectivity index (χ2n) is 4.77. The number of hydrogen-bond acceptors (Lipinski definition) is 4. The first-order valence-corrected chi connectivity index (χ1v) is 8.92. The molecule has 0 spiro atoms. The number of nitrogens with zero attached hydrogens (tertiary/aromatic N) is 2. The molecule has 23 heavy (non-hydrogen) atoms. The SMILES string of the molecule is Nc1nc(-c2ccccc2)cn1NS(=O)(=O)c1ccc(Br)cc1. The summed E-state index contributed by atoms with van der Waals surface area (Å²) in [5.74, 6) is 0.0598. The summed E-state index contributed by atoms with van der Waals surface area (Å²) in [4.78, 5) is 6.71. The van der Waals surface area contributed by atoms with Crippen molar-refractivity contribution in [3.8, 4) is 11.3 Å². The van der Waals surface area contributed by atoms with E-state index in [0.29, 0.717) is 5.69 Å². The third-order valence-corrected chi connectivity index (χ3v) is 5.00. The van der Waals surface area contributed by atoms with E-state index >= 15 is 0 Å². The van der Waals surface area contributed by atoms with Crippen LogP contribution in [-0.2, 0) is 10.0 Å². The number of hydrogen-bond donors (Lipinski definition) is 2. The molecule has 3 rings (SSSR count). The van der Waals surface area contributed by atoms with Gasteiger partial charge in [-0.15, -0.1) is 0 Å². The average Bonchev–Trinajstić information content (AvgIpc) is 2.89. The highest BCUT2D eigenvalue weighted by molar-refractivity contribution is 9.10. The van der Waals surface area contributed by atoms with Gasteiger partial charge >= 0.3 is 0 Å². The van der Waals surface area contributed by atoms with Gasteiger partial charge in [-0.25, -0.2) is 14.5 Å². The van der Waals surface area contributed by atoms with Crippen LogP contribution in [0, 0.1) is 0 Å². The van der Waals surface area contributed by atoms with Gasteiger partial charge in [0.15, 0.2) is 0 Å². The van der Waals surface area contributed by atoms with Gasteiger partial charge in [-0.1, -0.05) is 46.3 Å². The summed E-state index contributed by atoms with van der Waals surface area (Å²) in [5.41, 5.74) is 7.24. The van der Waals surface area contributed by atoms with Crippen LogP contribution in [0.2, 0.25) is 0 Å². The van der Waals surface area contributed by atoms with Gasteiger partial charge < -0.3 is 5.73 Å². The Balaban J connectivity index is 1.91. The van der Waals surface area contributed by atoms with E-state index in [4.69, 9.17) is 5.73 Å². The zero-order chi connectivity index (χ0) is 16.4. The normalized spacial score (nSPS) is 11.3. The fraction of sp³-hybridized carbons (Fsp3) is 0. The molecule has 0 radical (unpaired) electrons. The van der Waals surface area contributed by atoms with Gasteiger partial charge in [0, 0.05) is 10.0 Å². The number of nitrogens with two attached hydrogens (primary N) is 1. The Morgan fingerprint density at radius 2 is 1.70 bits per heavy atom. The Hall–Kier alpha value is -2.32. The number of anilines is 1. The molecular weight excluding hydrogens is 380 g/mol. The van der Waals surface area contributed by atoms with E-state index in [2.05, 4.69) is 25.7 Å². The Bertz CT molecular complexity index is 922. The minimum atomic E-state index is -3.75. The van der Waals surface area contributed by atoms with E-state index in [-0.39, 0.29) is 10.8 Å². The van der Waals surface area contributed by atoms with Crippen molar-refractivity contribution in [3.05, 3.63) is 65.3 Å². The topological polar surface area (TPSA) is 90.0 Å². The summed E-state index contributed by atoms with van der Waals surface area (Å²) >= 11 is 3.27. The molecule has 6 nitrogen and oxygen atoms in total. The van der Waals surface area contributed by atoms with Crippen LogP contribution in [0.25, 0.3) is 11.3 Å². The predicted octanol–water partition coefficient (Wildman–Crippen LogP) is 2.83. The summed E-state index contributed by atoms with van der Waals surface area (Å²) in [6.07, 6.45) is 1.54. The Labute approximate surface area is 142 Å². The highest BCUT2D eigenvalue weighted by Crippen LogP contribution is 2.20. The molecule has 118 valence electrons. The first-order valence-electron chi connectivity index (χ1n) is 6.64. The Morgan fingerprint density at radius 1 is 1.04 bits per heavy atom. The van der Waals surface area contributed by atoms with Crippen LogP contribution in [0.15, 0.2) is 70.2 Å². The van der Waals surface area contributed by atoms with E-state index in [1.165, 1.54) is 16.8 Å². The summed E-state index contributed by atoms with van der Waals surface area (Å²) in [5, 5.41) is 0. The van der Waals surface area contributed by atoms with Gasteiger partial charge in [-0.05, 0) is 24.3 Å². The fourth-order valence-electron chi connectivity index (χ4n) is 2.01. The number of benzene rings is 2. The maximum atomic E-state index is 12.4. The molecule has 0 aliphatic heterocycles. The lowest BCUT2D eigenvalue weighted by atomic mass is 10.2. The predicted molar refractivity (Wildman–Crippen MR) is 92.8 cm³/mol. The van der Waals surface area contributed by atoms with Crippen molar-refractivity contribution in [2.45, 2.75) is 4.90 Å². The van der Waals surface area contributed by atoms with Crippen molar-refractivity contribution in [2.75, 3.05) is 10.6 Å². The van der Waals surface area contributed by atoms with E-state index in [9.17, 15) is 8.42 Å². The lowest BCUT2D eigenvalue weighted by Gasteiger charge is -2.09. The molecule has 0 bridgehead atoms. The van der Waals surface area contributed by atoms with Crippen molar-refractivity contribution in [2.24, 2.45) is 0 Å². The standard InChI is InChI=1S/C15H13BrN4O2S/c16-12-6-8-13(9-7-12)23(21,22)19-20-10-14(18-15(20)17)11-4-2-1-3-5-11/h1-10,19H,(H2,17,18). The maximum Gasteiger partial charge on any atom is 0.275 e. The van der Waals surface area contributed by atoms with Crippen molar-refractivity contribution in [3.63, 3.8) is 0 Å². The molecule has 3 aromatic rings. The van der Waals surface area contributed by atoms with Gasteiger partial charge in [0.25, 0.3) is 10.0 Å². The molecule has 0 amide bonds. The number of halogens is 1. The molecule has 3 N–H and O–H groups in total. The van der Waals surface area contributed by atoms with Crippen LogP contribution in [0.1, 0.15) is 0 Å². The van der Waals surface area contributed by atoms with Gasteiger partial charge in [0.1, 0.15) is 0 Å². The molecule has 0 atom stereocenters. The number of nitrogens with one attached hydrogen (secondary N) is 1. The number of sulfonamides is 1. The molecule has 1 heterocycles. The number of rotatable bonds is 4. The van der Waals surface area contributed by atoms with Crippen molar-refractivity contribution >= 4 is 31.9 Å². The van der Waals surface area contributed by atoms with Crippen molar-refractivity contribution in [1.82, 2.24) is 9.66 Å². The van der Waals surface area contributed by atoms with Crippen LogP contribution < -0.4 is 10.6 Å². The molecule has 1 aromatic heterocycles. The van der Waals surface area contributed by atoms with Crippen LogP contribution >= 0.6 is 15.9 Å². The van der Waals surface area contributed by atoms with Crippen LogP contribution in [-0.4, -0.2) is 18.1 Å². The largest absolute Gasteiger partial charge is 0.368 e. The summed E-state index contributed by atoms with van der Waals surface area (Å²) < 4.78 is 26.8. The van der Waals surface area contributed by atoms with Crippen LogP contribution in [0.3, 0.4) is 0 Å². The lowest BCUT2D eigenvalue weighted by Crippen LogP contribution is -2.23. The molecule has 0 unspecified atom stereocenters. The number of aromatic nitrogens is 2. The summed E-state index contributed by atoms with van der Waals surface area (Å²) in [6.45, 7) is 0. The minimum absolute atomic E-state index is 0.0598. The molecule has 0 aliphatic rings. The fourth-order valence-corrected chi connectivity index (χ4v) is 3.28. The molecule has 0 saturated carbocycles. The molecule has 2 aromatic carbocycles. The van der Waals surface area contributed by atoms with Crippen molar-refractivity contribution in [1.29, 1.82) is 0 Å². The second-order valence-corrected chi connectivity index (χ2v) is 7.35. The highest BCUT2D eigenvalue weighted by atomic mass is 79.9.